The Kier molecular flexibility index (Phi) is 50.0. The second-order valence-electron chi connectivity index (χ2n) is 39.3. The number of Topliss-reactive ketones (excluding diaryl/α,β-unsaturated/α-hetero) is 8. The molecule has 1 aromatic carbocycles. The highest BCUT2D eigenvalue weighted by Crippen LogP contribution is 2.29. The highest BCUT2D eigenvalue weighted by Gasteiger charge is 2.43. The Balaban J connectivity index is 1.61. The summed E-state index contributed by atoms with van der Waals surface area (Å²) in [6, 6.07) is -8.76. The fourth-order valence-corrected chi connectivity index (χ4v) is 17.3. The molecule has 0 spiro atoms. The van der Waals surface area contributed by atoms with Gasteiger partial charge in [0.05, 0.1) is 84.4 Å². The van der Waals surface area contributed by atoms with Crippen molar-refractivity contribution in [3.8, 4) is 0 Å². The molecule has 1 saturated heterocycles. The van der Waals surface area contributed by atoms with Gasteiger partial charge in [-0.25, -0.2) is 0 Å². The molecule has 5 rings (SSSR count). The van der Waals surface area contributed by atoms with Crippen LogP contribution in [0.1, 0.15) is 249 Å². The van der Waals surface area contributed by atoms with E-state index in [0.29, 0.717) is 16.5 Å². The Morgan fingerprint density at radius 2 is 1.03 bits per heavy atom. The van der Waals surface area contributed by atoms with E-state index in [0.717, 1.165) is 18.5 Å². The zero-order valence-electron chi connectivity index (χ0n) is 85.3. The molecule has 2 aliphatic heterocycles. The Hall–Kier alpha value is -13.7. The van der Waals surface area contributed by atoms with Crippen LogP contribution >= 0.6 is 0 Å². The van der Waals surface area contributed by atoms with Gasteiger partial charge >= 0.3 is 11.9 Å². The number of carbonyl (C=O) groups excluding carboxylic acids is 20. The molecule has 24 N–H and O–H groups in total. The number of aromatic nitrogens is 4. The lowest BCUT2D eigenvalue weighted by Gasteiger charge is -2.29. The van der Waals surface area contributed by atoms with Crippen molar-refractivity contribution in [1.82, 2.24) is 88.7 Å². The second-order valence-corrected chi connectivity index (χ2v) is 39.3. The van der Waals surface area contributed by atoms with Gasteiger partial charge in [0.25, 0.3) is 0 Å². The molecule has 2 aromatic heterocycles. The number of nitrogens with one attached hydrogen (secondary N) is 15. The van der Waals surface area contributed by atoms with Crippen molar-refractivity contribution in [3.63, 3.8) is 0 Å². The monoisotopic (exact) mass is 2040 g/mol. The minimum atomic E-state index is -1.70. The number of benzene rings is 1. The standard InChI is InChI=1S/C98H150N22O25/c1-15-51(6)67-44-80(127)56(11)110-90(138)62(42-78(125)53(8)107-59(14)122)38-65-48-119(118-117-65)47-64(91(139)111-57(12)96(144)145)43-79(126)55(10)109-88(136)60(21-18-32-104-97(100)101)40-77(124)54(9)108-87(135)52(7)37-81(128)72(35-49(2)3)115-95(143)74(39-63-46-106-69-24-17-16-23-66(63)69)116-94(142)71(26-29-84(99)131)113-89(137)61(22-19-33-105-98(102)103)41-82(129)73(36-50(4)5)114-93(141)68(58(13)121)45-83(130)75-25-20-34-120(75)85(132)30-28-76(123)70(112-92(67)140)27-31-86(133)134/h16-17,23-24,46,48-58,60-62,64,67-68,70-75,106,121H,15,18-22,25-45,47H2,1-14H3,(H2,99,131)(H,107,122)(H,108,135)(H,109,136)(H,110,138)(H,111,139)(H,112,140)(H,113,137)(H,114,141)(H,115,143)(H,116,142)(H,133,134)(H,144,145)(H4,100,101,104)(H4,102,103,105)/t51?,52-,53+,54?,55?,56+,57?,58-,60-,61-,62?,64-,67+,68?,70+,71+,72+,73+,74+,75+/m1/s1. The van der Waals surface area contributed by atoms with Crippen molar-refractivity contribution in [2.45, 2.75) is 330 Å². The van der Waals surface area contributed by atoms with Gasteiger partial charge in [-0.2, -0.15) is 0 Å². The van der Waals surface area contributed by atoms with Crippen molar-refractivity contribution >= 4 is 152 Å². The number of fused-ring (bicyclic) bond motifs is 4. The molecule has 2 aliphatic rings. The van der Waals surface area contributed by atoms with Crippen LogP contribution in [0.3, 0.4) is 0 Å². The van der Waals surface area contributed by atoms with Gasteiger partial charge in [-0.3, -0.25) is 121 Å². The maximum Gasteiger partial charge on any atom is 0.325 e. The number of guanidine groups is 2. The molecule has 0 aliphatic carbocycles. The number of H-pyrrole nitrogens is 1. The van der Waals surface area contributed by atoms with E-state index in [1.807, 2.05) is 0 Å². The van der Waals surface area contributed by atoms with Crippen molar-refractivity contribution < 1.29 is 121 Å². The van der Waals surface area contributed by atoms with Gasteiger partial charge in [-0.05, 0) is 135 Å². The molecule has 47 nitrogen and oxygen atoms in total. The number of primary amides is 1. The second kappa shape index (κ2) is 59.6. The molecule has 12 amide bonds. The summed E-state index contributed by atoms with van der Waals surface area (Å²) in [5, 5.41) is 86.6. The number of aliphatic hydroxyl groups excluding tert-OH is 1. The zero-order chi connectivity index (χ0) is 109. The van der Waals surface area contributed by atoms with E-state index in [2.05, 4.69) is 79.1 Å². The number of aliphatic hydroxyl groups is 1. The molecule has 145 heavy (non-hydrogen) atoms. The van der Waals surface area contributed by atoms with Gasteiger partial charge in [-0.15, -0.1) is 5.10 Å². The molecule has 0 saturated carbocycles. The van der Waals surface area contributed by atoms with Crippen LogP contribution in [0.5, 0.6) is 0 Å². The van der Waals surface area contributed by atoms with Crippen molar-refractivity contribution in [2.75, 3.05) is 19.6 Å². The summed E-state index contributed by atoms with van der Waals surface area (Å²) in [7, 11) is 0. The first-order chi connectivity index (χ1) is 68.1. The molecule has 0 radical (unpaired) electrons. The van der Waals surface area contributed by atoms with Crippen LogP contribution in [0.4, 0.5) is 0 Å². The number of hydrogen-bond donors (Lipinski definition) is 21. The summed E-state index contributed by atoms with van der Waals surface area (Å²) in [4.78, 5) is 315. The number of aliphatic carboxylic acids is 2. The smallest absolute Gasteiger partial charge is 0.325 e. The first-order valence-electron chi connectivity index (χ1n) is 49.6. The highest BCUT2D eigenvalue weighted by atomic mass is 16.4. The number of carbonyl (C=O) groups is 22. The van der Waals surface area contributed by atoms with Crippen molar-refractivity contribution in [3.05, 3.63) is 47.9 Å². The maximum atomic E-state index is 15.2. The van der Waals surface area contributed by atoms with E-state index in [1.54, 1.807) is 72.0 Å². The normalized spacial score (nSPS) is 25.3. The number of nitrogens with zero attached hydrogens (tertiary/aromatic N) is 4. The minimum absolute atomic E-state index is 0.00834. The number of para-hydroxylation sites is 1. The number of rotatable bonds is 30. The first-order valence-corrected chi connectivity index (χ1v) is 49.6. The molecule has 4 heterocycles. The fraction of sp³-hybridized carbons (Fsp3) is 0.653. The molecule has 1 fully saturated rings. The number of aromatic amines is 1. The summed E-state index contributed by atoms with van der Waals surface area (Å²) < 4.78 is 1.08. The van der Waals surface area contributed by atoms with Crippen LogP contribution < -0.4 is 81.0 Å². The predicted molar refractivity (Wildman–Crippen MR) is 527 cm³/mol. The number of carboxylic acid groups (broad SMARTS) is 2. The number of amides is 12. The van der Waals surface area contributed by atoms with E-state index in [-0.39, 0.29) is 101 Å². The van der Waals surface area contributed by atoms with Gasteiger partial charge in [0, 0.05) is 157 Å². The lowest BCUT2D eigenvalue weighted by molar-refractivity contribution is -0.142. The summed E-state index contributed by atoms with van der Waals surface area (Å²) in [5.41, 5.74) is 17.9. The lowest BCUT2D eigenvalue weighted by atomic mass is 9.85. The summed E-state index contributed by atoms with van der Waals surface area (Å²) in [6.45, 7) is 20.0. The maximum absolute atomic E-state index is 15.2. The molecule has 47 heteroatoms. The van der Waals surface area contributed by atoms with Crippen LogP contribution in [0.15, 0.2) is 36.7 Å². The summed E-state index contributed by atoms with van der Waals surface area (Å²) in [6.07, 6.45) is -6.75. The predicted octanol–water partition coefficient (Wildman–Crippen LogP) is 0.174. The summed E-state index contributed by atoms with van der Waals surface area (Å²) >= 11 is 0. The van der Waals surface area contributed by atoms with Gasteiger partial charge in [0.1, 0.15) is 18.1 Å². The van der Waals surface area contributed by atoms with Crippen LogP contribution in [0.2, 0.25) is 0 Å². The Morgan fingerprint density at radius 1 is 0.531 bits per heavy atom. The first kappa shape index (κ1) is 122. The van der Waals surface area contributed by atoms with Crippen LogP contribution in [0, 0.1) is 70.0 Å². The number of nitrogens with two attached hydrogens (primary N) is 3. The molecular weight excluding hydrogens is 1890 g/mol. The third-order valence-electron chi connectivity index (χ3n) is 26.1. The van der Waals surface area contributed by atoms with Crippen molar-refractivity contribution in [2.24, 2.45) is 76.4 Å². The third-order valence-corrected chi connectivity index (χ3v) is 26.1. The largest absolute Gasteiger partial charge is 0.481 e. The minimum Gasteiger partial charge on any atom is -0.481 e. The Bertz CT molecular complexity index is 5130. The molecule has 6 unspecified atom stereocenters. The molecule has 2 bridgehead atoms. The van der Waals surface area contributed by atoms with E-state index in [1.165, 1.54) is 52.6 Å². The van der Waals surface area contributed by atoms with Gasteiger partial charge in [0.2, 0.25) is 70.9 Å². The van der Waals surface area contributed by atoms with E-state index < -0.39 is 357 Å². The van der Waals surface area contributed by atoms with E-state index >= 15 is 14.4 Å². The SMILES string of the molecule is CCC(C)[C@@H]1CC(=O)[C@H](C)NC(=O)C(CC(=O)[C@H](C)NC(C)=O)Cc2cn(nn2)C[C@H](C(=O)NC(C)C(=O)O)CC(=O)C(C)NC(=O)[C@H](CCCNC(=N)N)CC(=O)C(C)NC(=O)[C@H](C)CC(=O)[C@H](CC(C)C)NC(=O)[C@H](Cc2c[nH]c3ccccc23)NC(=O)[C@H](CCC(N)=O)NC(=O)[C@H](CCCNC(=N)N)CC(=O)[C@H](CC(C)C)NC(=O)C([C@@H](C)O)CC(=O)[C@@H]2CCCN2C(=O)CCC(=O)[C@H](CCC(=O)O)NC1=O. The van der Waals surface area contributed by atoms with Crippen LogP contribution in [-0.2, 0) is 125 Å². The van der Waals surface area contributed by atoms with Crippen LogP contribution in [-0.4, -0.2) is 273 Å². The average Bonchev–Trinajstić information content (AvgIpc) is 1.68. The van der Waals surface area contributed by atoms with Crippen molar-refractivity contribution in [1.29, 1.82) is 10.8 Å². The number of carboxylic acids is 2. The third kappa shape index (κ3) is 41.2. The molecule has 802 valence electrons. The van der Waals surface area contributed by atoms with Gasteiger partial charge < -0.3 is 106 Å². The lowest BCUT2D eigenvalue weighted by Crippen LogP contribution is -2.57. The Morgan fingerprint density at radius 3 is 1.59 bits per heavy atom. The van der Waals surface area contributed by atoms with Gasteiger partial charge in [0.15, 0.2) is 58.2 Å². The number of ketones is 8. The average molecular weight is 2040 g/mol. The zero-order valence-corrected chi connectivity index (χ0v) is 85.3. The molecule has 3 aromatic rings. The number of hydrogen-bond acceptors (Lipinski definition) is 27. The van der Waals surface area contributed by atoms with E-state index in [4.69, 9.17) is 28.0 Å². The quantitative estimate of drug-likeness (QED) is 0.0240. The highest BCUT2D eigenvalue weighted by molar-refractivity contribution is 6.02. The van der Waals surface area contributed by atoms with E-state index in [9.17, 15) is 106 Å². The molecular formula is C98H150N22O25. The fourth-order valence-electron chi connectivity index (χ4n) is 17.3. The molecule has 20 atom stereocenters. The summed E-state index contributed by atoms with van der Waals surface area (Å²) in [5.74, 6) is -30.9. The van der Waals surface area contributed by atoms with Crippen LogP contribution in [0.25, 0.3) is 10.9 Å². The Labute approximate surface area is 842 Å². The topological polar surface area (TPSA) is 756 Å². The van der Waals surface area contributed by atoms with Gasteiger partial charge in [-0.1, -0.05) is 78.3 Å².